The van der Waals surface area contributed by atoms with Crippen LogP contribution < -0.4 is 4.90 Å². The molecule has 0 saturated carbocycles. The van der Waals surface area contributed by atoms with Crippen LogP contribution in [0, 0.1) is 12.3 Å². The molecule has 158 valence electrons. The van der Waals surface area contributed by atoms with E-state index in [1.807, 2.05) is 6.07 Å². The zero-order valence-electron chi connectivity index (χ0n) is 17.3. The van der Waals surface area contributed by atoms with Crippen LogP contribution in [0.5, 0.6) is 0 Å². The van der Waals surface area contributed by atoms with Gasteiger partial charge in [-0.1, -0.05) is 41.9 Å². The van der Waals surface area contributed by atoms with Gasteiger partial charge in [0.2, 0.25) is 0 Å². The average Bonchev–Trinajstić information content (AvgIpc) is 3.16. The van der Waals surface area contributed by atoms with Gasteiger partial charge in [0.1, 0.15) is 5.82 Å². The molecule has 5 rings (SSSR count). The van der Waals surface area contributed by atoms with Gasteiger partial charge in [-0.2, -0.15) is 0 Å². The molecule has 30 heavy (non-hydrogen) atoms. The maximum atomic E-state index is 11.2. The number of benzene rings is 1. The van der Waals surface area contributed by atoms with Gasteiger partial charge in [0.05, 0.1) is 10.7 Å². The molecule has 2 aromatic rings. The fraction of sp³-hybridized carbons (Fsp3) is 0.478. The van der Waals surface area contributed by atoms with E-state index in [4.69, 9.17) is 16.6 Å². The number of halogens is 1. The van der Waals surface area contributed by atoms with E-state index in [1.165, 1.54) is 16.0 Å². The Morgan fingerprint density at radius 2 is 1.97 bits per heavy atom. The van der Waals surface area contributed by atoms with Crippen LogP contribution in [-0.2, 0) is 19.5 Å². The molecule has 1 spiro atoms. The zero-order chi connectivity index (χ0) is 20.9. The van der Waals surface area contributed by atoms with Crippen LogP contribution in [0.4, 0.5) is 10.6 Å². The monoisotopic (exact) mass is 426 g/mol. The largest absolute Gasteiger partial charge is 0.465 e. The summed E-state index contributed by atoms with van der Waals surface area (Å²) < 4.78 is 0. The van der Waals surface area contributed by atoms with Crippen LogP contribution in [0.25, 0.3) is 0 Å². The van der Waals surface area contributed by atoms with Crippen LogP contribution in [0.1, 0.15) is 28.8 Å². The molecule has 0 unspecified atom stereocenters. The van der Waals surface area contributed by atoms with Crippen molar-refractivity contribution >= 4 is 23.5 Å². The first kappa shape index (κ1) is 19.6. The summed E-state index contributed by atoms with van der Waals surface area (Å²) in [4.78, 5) is 22.5. The van der Waals surface area contributed by atoms with Gasteiger partial charge < -0.3 is 14.9 Å². The second kappa shape index (κ2) is 7.43. The van der Waals surface area contributed by atoms with E-state index < -0.39 is 6.09 Å². The summed E-state index contributed by atoms with van der Waals surface area (Å²) >= 11 is 6.82. The minimum atomic E-state index is -0.816. The Bertz CT molecular complexity index is 975. The highest BCUT2D eigenvalue weighted by atomic mass is 35.5. The van der Waals surface area contributed by atoms with E-state index in [2.05, 4.69) is 41.0 Å². The summed E-state index contributed by atoms with van der Waals surface area (Å²) in [6, 6.07) is 10.5. The quantitative estimate of drug-likeness (QED) is 0.809. The lowest BCUT2D eigenvalue weighted by Crippen LogP contribution is -2.59. The second-order valence-electron chi connectivity index (χ2n) is 9.06. The minimum absolute atomic E-state index is 0.0776. The highest BCUT2D eigenvalue weighted by Crippen LogP contribution is 2.43. The molecule has 1 aromatic carbocycles. The molecule has 1 aromatic heterocycles. The SMILES string of the molecule is Cc1c(N2CCC3(CN(C(=O)O)C3)C2)nc2c(c1Cl)CCN(Cc1ccccc1)C2. The van der Waals surface area contributed by atoms with Crippen molar-refractivity contribution in [2.75, 3.05) is 37.6 Å². The Morgan fingerprint density at radius 3 is 2.70 bits per heavy atom. The number of fused-ring (bicyclic) bond motifs is 1. The highest BCUT2D eigenvalue weighted by Gasteiger charge is 2.50. The van der Waals surface area contributed by atoms with Gasteiger partial charge in [-0.15, -0.1) is 0 Å². The number of pyridine rings is 1. The van der Waals surface area contributed by atoms with Gasteiger partial charge in [-0.05, 0) is 30.9 Å². The lowest BCUT2D eigenvalue weighted by molar-refractivity contribution is 0.0251. The van der Waals surface area contributed by atoms with E-state index in [1.54, 1.807) is 0 Å². The Morgan fingerprint density at radius 1 is 1.20 bits per heavy atom. The molecule has 0 atom stereocenters. The Hall–Kier alpha value is -2.31. The van der Waals surface area contributed by atoms with E-state index >= 15 is 0 Å². The van der Waals surface area contributed by atoms with E-state index in [9.17, 15) is 9.90 Å². The van der Waals surface area contributed by atoms with Crippen LogP contribution in [0.3, 0.4) is 0 Å². The number of carboxylic acid groups (broad SMARTS) is 1. The summed E-state index contributed by atoms with van der Waals surface area (Å²) in [6.45, 7) is 7.79. The van der Waals surface area contributed by atoms with Gasteiger partial charge in [0, 0.05) is 56.8 Å². The fourth-order valence-electron chi connectivity index (χ4n) is 5.23. The van der Waals surface area contributed by atoms with Crippen molar-refractivity contribution in [2.45, 2.75) is 32.9 Å². The second-order valence-corrected chi connectivity index (χ2v) is 9.43. The van der Waals surface area contributed by atoms with Crippen molar-refractivity contribution in [1.29, 1.82) is 0 Å². The maximum Gasteiger partial charge on any atom is 0.407 e. The predicted octanol–water partition coefficient (Wildman–Crippen LogP) is 3.79. The first-order chi connectivity index (χ1) is 14.4. The van der Waals surface area contributed by atoms with Crippen LogP contribution in [0.15, 0.2) is 30.3 Å². The molecule has 0 radical (unpaired) electrons. The van der Waals surface area contributed by atoms with Gasteiger partial charge in [0.15, 0.2) is 0 Å². The summed E-state index contributed by atoms with van der Waals surface area (Å²) in [6.07, 6.45) is 1.11. The molecule has 0 aliphatic carbocycles. The number of hydrogen-bond donors (Lipinski definition) is 1. The molecule has 3 aliphatic heterocycles. The van der Waals surface area contributed by atoms with Gasteiger partial charge in [-0.3, -0.25) is 4.90 Å². The normalized spacial score (nSPS) is 20.3. The Labute approximate surface area is 182 Å². The maximum absolute atomic E-state index is 11.2. The smallest absolute Gasteiger partial charge is 0.407 e. The lowest BCUT2D eigenvalue weighted by Gasteiger charge is -2.46. The molecule has 1 amide bonds. The topological polar surface area (TPSA) is 59.9 Å². The number of anilines is 1. The van der Waals surface area contributed by atoms with Crippen molar-refractivity contribution < 1.29 is 9.90 Å². The first-order valence-corrected chi connectivity index (χ1v) is 11.0. The molecule has 6 nitrogen and oxygen atoms in total. The number of carbonyl (C=O) groups is 1. The standard InChI is InChI=1S/C23H27ClN4O2/c1-16-20(24)18-7-9-26(11-17-5-3-2-4-6-17)12-19(18)25-21(16)27-10-8-23(13-27)14-28(15-23)22(29)30/h2-6H,7-15H2,1H3,(H,29,30). The van der Waals surface area contributed by atoms with E-state index in [0.29, 0.717) is 13.1 Å². The molecule has 0 bridgehead atoms. The van der Waals surface area contributed by atoms with Crippen molar-refractivity contribution in [2.24, 2.45) is 5.41 Å². The van der Waals surface area contributed by atoms with Crippen molar-refractivity contribution in [3.63, 3.8) is 0 Å². The highest BCUT2D eigenvalue weighted by molar-refractivity contribution is 6.32. The van der Waals surface area contributed by atoms with E-state index in [-0.39, 0.29) is 5.41 Å². The van der Waals surface area contributed by atoms with Crippen LogP contribution >= 0.6 is 11.6 Å². The van der Waals surface area contributed by atoms with Crippen molar-refractivity contribution in [3.05, 3.63) is 57.7 Å². The number of nitrogens with zero attached hydrogens (tertiary/aromatic N) is 4. The Balaban J connectivity index is 1.35. The lowest BCUT2D eigenvalue weighted by atomic mass is 9.79. The Kier molecular flexibility index (Phi) is 4.86. The van der Waals surface area contributed by atoms with Crippen molar-refractivity contribution in [1.82, 2.24) is 14.8 Å². The van der Waals surface area contributed by atoms with Crippen molar-refractivity contribution in [3.8, 4) is 0 Å². The number of aromatic nitrogens is 1. The summed E-state index contributed by atoms with van der Waals surface area (Å²) in [7, 11) is 0. The van der Waals surface area contributed by atoms with Gasteiger partial charge in [0.25, 0.3) is 0 Å². The predicted molar refractivity (Wildman–Crippen MR) is 117 cm³/mol. The molecule has 4 heterocycles. The summed E-state index contributed by atoms with van der Waals surface area (Å²) in [5, 5.41) is 10.0. The number of likely N-dealkylation sites (tertiary alicyclic amines) is 1. The average molecular weight is 427 g/mol. The number of rotatable bonds is 3. The molecular weight excluding hydrogens is 400 g/mol. The van der Waals surface area contributed by atoms with Crippen LogP contribution in [0.2, 0.25) is 5.02 Å². The van der Waals surface area contributed by atoms with E-state index in [0.717, 1.165) is 67.7 Å². The van der Waals surface area contributed by atoms with Gasteiger partial charge in [-0.25, -0.2) is 9.78 Å². The number of amides is 1. The third-order valence-corrected chi connectivity index (χ3v) is 7.39. The van der Waals surface area contributed by atoms with Crippen LogP contribution in [-0.4, -0.2) is 58.7 Å². The molecule has 2 saturated heterocycles. The molecule has 3 aliphatic rings. The summed E-state index contributed by atoms with van der Waals surface area (Å²) in [5.74, 6) is 0.978. The zero-order valence-corrected chi connectivity index (χ0v) is 18.0. The minimum Gasteiger partial charge on any atom is -0.465 e. The third-order valence-electron chi connectivity index (χ3n) is 6.88. The number of hydrogen-bond acceptors (Lipinski definition) is 4. The third kappa shape index (κ3) is 3.42. The fourth-order valence-corrected chi connectivity index (χ4v) is 5.52. The summed E-state index contributed by atoms with van der Waals surface area (Å²) in [5.41, 5.74) is 4.72. The molecular formula is C23H27ClN4O2. The molecule has 1 N–H and O–H groups in total. The molecule has 7 heteroatoms. The first-order valence-electron chi connectivity index (χ1n) is 10.6. The molecule has 2 fully saturated rings. The van der Waals surface area contributed by atoms with Gasteiger partial charge >= 0.3 is 6.09 Å².